The largest absolute Gasteiger partial charge is 0.339 e. The van der Waals surface area contributed by atoms with E-state index in [0.717, 1.165) is 25.9 Å². The minimum atomic E-state index is -0.527. The summed E-state index contributed by atoms with van der Waals surface area (Å²) in [5.74, 6) is 1.09. The zero-order valence-corrected chi connectivity index (χ0v) is 14.1. The van der Waals surface area contributed by atoms with E-state index in [4.69, 9.17) is 11.6 Å². The first-order valence-corrected chi connectivity index (χ1v) is 7.87. The summed E-state index contributed by atoms with van der Waals surface area (Å²) < 4.78 is 0. The molecule has 1 amide bonds. The summed E-state index contributed by atoms with van der Waals surface area (Å²) in [6.45, 7) is 3.44. The molecule has 2 aliphatic rings. The minimum Gasteiger partial charge on any atom is -0.339 e. The molecule has 0 aliphatic carbocycles. The lowest BCUT2D eigenvalue weighted by Gasteiger charge is -2.21. The fraction of sp³-hybridized carbons (Fsp3) is 0.533. The lowest BCUT2D eigenvalue weighted by molar-refractivity contribution is -0.384. The van der Waals surface area contributed by atoms with E-state index in [1.54, 1.807) is 4.90 Å². The van der Waals surface area contributed by atoms with Gasteiger partial charge in [-0.25, -0.2) is 0 Å². The zero-order chi connectivity index (χ0) is 15.7. The monoisotopic (exact) mass is 359 g/mol. The molecule has 2 fully saturated rings. The van der Waals surface area contributed by atoms with Crippen LogP contribution < -0.4 is 5.32 Å². The number of halogens is 2. The van der Waals surface area contributed by atoms with Crippen molar-refractivity contribution >= 4 is 35.6 Å². The van der Waals surface area contributed by atoms with Gasteiger partial charge >= 0.3 is 0 Å². The summed E-state index contributed by atoms with van der Waals surface area (Å²) >= 11 is 5.90. The molecule has 0 aromatic heterocycles. The normalized spacial score (nSPS) is 23.6. The van der Waals surface area contributed by atoms with Crippen LogP contribution in [0.15, 0.2) is 18.2 Å². The molecule has 0 unspecified atom stereocenters. The van der Waals surface area contributed by atoms with Crippen molar-refractivity contribution in [3.63, 3.8) is 0 Å². The molecule has 1 aromatic rings. The molecule has 6 nitrogen and oxygen atoms in total. The summed E-state index contributed by atoms with van der Waals surface area (Å²) in [7, 11) is 0. The maximum absolute atomic E-state index is 12.6. The Morgan fingerprint density at radius 2 is 1.83 bits per heavy atom. The van der Waals surface area contributed by atoms with E-state index >= 15 is 0 Å². The first-order valence-electron chi connectivity index (χ1n) is 7.49. The van der Waals surface area contributed by atoms with Gasteiger partial charge in [-0.2, -0.15) is 0 Å². The molecular weight excluding hydrogens is 341 g/mol. The fourth-order valence-electron chi connectivity index (χ4n) is 3.41. The van der Waals surface area contributed by atoms with E-state index < -0.39 is 4.92 Å². The molecule has 2 heterocycles. The number of nitrogens with zero attached hydrogens (tertiary/aromatic N) is 2. The number of likely N-dealkylation sites (tertiary alicyclic amines) is 1. The van der Waals surface area contributed by atoms with E-state index in [1.165, 1.54) is 18.2 Å². The van der Waals surface area contributed by atoms with Crippen molar-refractivity contribution in [3.05, 3.63) is 38.9 Å². The number of amides is 1. The highest BCUT2D eigenvalue weighted by Gasteiger charge is 2.32. The van der Waals surface area contributed by atoms with Crippen LogP contribution in [-0.2, 0) is 0 Å². The van der Waals surface area contributed by atoms with Crippen LogP contribution in [0, 0.1) is 22.0 Å². The average Bonchev–Trinajstić information content (AvgIpc) is 2.84. The fourth-order valence-corrected chi connectivity index (χ4v) is 3.64. The van der Waals surface area contributed by atoms with Crippen LogP contribution in [0.3, 0.4) is 0 Å². The third-order valence-corrected chi connectivity index (χ3v) is 4.87. The Kier molecular flexibility index (Phi) is 5.84. The van der Waals surface area contributed by atoms with Crippen molar-refractivity contribution in [2.24, 2.45) is 11.8 Å². The molecule has 0 spiro atoms. The van der Waals surface area contributed by atoms with Crippen LogP contribution in [0.4, 0.5) is 5.69 Å². The molecule has 2 aliphatic heterocycles. The Bertz CT molecular complexity index is 598. The average molecular weight is 360 g/mol. The number of nitro benzene ring substituents is 1. The molecule has 1 aromatic carbocycles. The second-order valence-electron chi connectivity index (χ2n) is 6.00. The van der Waals surface area contributed by atoms with Crippen LogP contribution in [-0.4, -0.2) is 41.9 Å². The number of hydrogen-bond donors (Lipinski definition) is 1. The number of nitro groups is 1. The molecule has 2 atom stereocenters. The summed E-state index contributed by atoms with van der Waals surface area (Å²) in [5, 5.41) is 14.5. The van der Waals surface area contributed by atoms with E-state index in [9.17, 15) is 14.9 Å². The van der Waals surface area contributed by atoms with Gasteiger partial charge in [0.25, 0.3) is 11.6 Å². The van der Waals surface area contributed by atoms with E-state index in [2.05, 4.69) is 5.32 Å². The first-order chi connectivity index (χ1) is 10.5. The molecule has 23 heavy (non-hydrogen) atoms. The summed E-state index contributed by atoms with van der Waals surface area (Å²) in [4.78, 5) is 24.8. The maximum Gasteiger partial charge on any atom is 0.271 e. The molecule has 3 rings (SSSR count). The van der Waals surface area contributed by atoms with Gasteiger partial charge < -0.3 is 10.2 Å². The predicted octanol–water partition coefficient (Wildman–Crippen LogP) is 2.74. The zero-order valence-electron chi connectivity index (χ0n) is 12.5. The Balaban J connectivity index is 0.00000192. The van der Waals surface area contributed by atoms with Crippen LogP contribution in [0.5, 0.6) is 0 Å². The van der Waals surface area contributed by atoms with Crippen molar-refractivity contribution in [1.29, 1.82) is 0 Å². The number of benzene rings is 1. The van der Waals surface area contributed by atoms with Crippen molar-refractivity contribution < 1.29 is 9.72 Å². The van der Waals surface area contributed by atoms with Crippen LogP contribution >= 0.6 is 24.0 Å². The minimum absolute atomic E-state index is 0. The van der Waals surface area contributed by atoms with E-state index in [1.807, 2.05) is 0 Å². The van der Waals surface area contributed by atoms with Gasteiger partial charge in [0, 0.05) is 35.8 Å². The second kappa shape index (κ2) is 7.47. The van der Waals surface area contributed by atoms with Gasteiger partial charge in [0.05, 0.1) is 4.92 Å². The lowest BCUT2D eigenvalue weighted by Crippen LogP contribution is -2.32. The smallest absolute Gasteiger partial charge is 0.271 e. The quantitative estimate of drug-likeness (QED) is 0.650. The molecule has 0 radical (unpaired) electrons. The van der Waals surface area contributed by atoms with E-state index in [0.29, 0.717) is 30.5 Å². The van der Waals surface area contributed by atoms with Crippen molar-refractivity contribution in [2.45, 2.75) is 12.8 Å². The molecule has 2 saturated heterocycles. The van der Waals surface area contributed by atoms with Crippen LogP contribution in [0.25, 0.3) is 0 Å². The molecule has 8 heteroatoms. The third-order valence-electron chi connectivity index (χ3n) is 4.65. The number of non-ortho nitro benzene ring substituents is 1. The Hall–Kier alpha value is -1.37. The standard InChI is InChI=1S/C15H18ClN3O3.ClH/c16-13-5-12(6-14(7-13)19(21)22)15(20)18-3-1-10-8-17-9-11(10)2-4-18;/h5-7,10-11,17H,1-4,8-9H2;1H/t10-,11+;. The highest BCUT2D eigenvalue weighted by molar-refractivity contribution is 6.31. The lowest BCUT2D eigenvalue weighted by atomic mass is 9.92. The molecule has 0 saturated carbocycles. The topological polar surface area (TPSA) is 75.5 Å². The number of fused-ring (bicyclic) bond motifs is 1. The Morgan fingerprint density at radius 3 is 2.39 bits per heavy atom. The third kappa shape index (κ3) is 3.94. The Morgan fingerprint density at radius 1 is 1.22 bits per heavy atom. The molecule has 126 valence electrons. The second-order valence-corrected chi connectivity index (χ2v) is 6.44. The summed E-state index contributed by atoms with van der Waals surface area (Å²) in [5.41, 5.74) is 0.149. The van der Waals surface area contributed by atoms with Crippen LogP contribution in [0.2, 0.25) is 5.02 Å². The Labute approximate surface area is 145 Å². The SMILES string of the molecule is Cl.O=C(c1cc(Cl)cc([N+](=O)[O-])c1)N1CC[C@@H]2CNC[C@@H]2CC1. The van der Waals surface area contributed by atoms with Gasteiger partial charge in [0.2, 0.25) is 0 Å². The number of carbonyl (C=O) groups excluding carboxylic acids is 1. The molecule has 0 bridgehead atoms. The van der Waals surface area contributed by atoms with Crippen LogP contribution in [0.1, 0.15) is 23.2 Å². The summed E-state index contributed by atoms with van der Waals surface area (Å²) in [6, 6.07) is 4.07. The van der Waals surface area contributed by atoms with E-state index in [-0.39, 0.29) is 29.0 Å². The number of carbonyl (C=O) groups is 1. The molecule has 1 N–H and O–H groups in total. The van der Waals surface area contributed by atoms with Crippen molar-refractivity contribution in [1.82, 2.24) is 10.2 Å². The highest BCUT2D eigenvalue weighted by Crippen LogP contribution is 2.28. The highest BCUT2D eigenvalue weighted by atomic mass is 35.5. The maximum atomic E-state index is 12.6. The summed E-state index contributed by atoms with van der Waals surface area (Å²) in [6.07, 6.45) is 1.96. The van der Waals surface area contributed by atoms with Crippen molar-refractivity contribution in [2.75, 3.05) is 26.2 Å². The number of hydrogen-bond acceptors (Lipinski definition) is 4. The van der Waals surface area contributed by atoms with Gasteiger partial charge in [0.15, 0.2) is 0 Å². The van der Waals surface area contributed by atoms with Gasteiger partial charge in [-0.1, -0.05) is 11.6 Å². The van der Waals surface area contributed by atoms with Gasteiger partial charge in [-0.15, -0.1) is 12.4 Å². The molecular formula is C15H19Cl2N3O3. The van der Waals surface area contributed by atoms with Gasteiger partial charge in [-0.05, 0) is 43.8 Å². The number of rotatable bonds is 2. The first kappa shape index (κ1) is 18.0. The predicted molar refractivity (Wildman–Crippen MR) is 90.3 cm³/mol. The van der Waals surface area contributed by atoms with Crippen molar-refractivity contribution in [3.8, 4) is 0 Å². The van der Waals surface area contributed by atoms with Gasteiger partial charge in [-0.3, -0.25) is 14.9 Å². The number of nitrogens with one attached hydrogen (secondary N) is 1. The van der Waals surface area contributed by atoms with Gasteiger partial charge in [0.1, 0.15) is 0 Å².